The van der Waals surface area contributed by atoms with Crippen LogP contribution in [-0.4, -0.2) is 6.54 Å². The van der Waals surface area contributed by atoms with Gasteiger partial charge in [-0.25, -0.2) is 0 Å². The molecule has 0 saturated heterocycles. The van der Waals surface area contributed by atoms with Crippen LogP contribution in [0.4, 0.5) is 5.69 Å². The third-order valence-electron chi connectivity index (χ3n) is 3.02. The molecule has 2 nitrogen and oxygen atoms in total. The van der Waals surface area contributed by atoms with Crippen LogP contribution in [0.3, 0.4) is 0 Å². The number of nitrogens with two attached hydrogens (primary N) is 1. The van der Waals surface area contributed by atoms with Gasteiger partial charge in [0.05, 0.1) is 6.04 Å². The Kier molecular flexibility index (Phi) is 4.70. The second kappa shape index (κ2) is 6.29. The Morgan fingerprint density at radius 1 is 1.11 bits per heavy atom. The van der Waals surface area contributed by atoms with E-state index in [0.29, 0.717) is 6.54 Å². The van der Waals surface area contributed by atoms with E-state index in [1.807, 2.05) is 49.4 Å². The van der Waals surface area contributed by atoms with E-state index in [9.17, 15) is 0 Å². The molecule has 0 aliphatic carbocycles. The van der Waals surface area contributed by atoms with E-state index in [1.54, 1.807) is 0 Å². The van der Waals surface area contributed by atoms with Gasteiger partial charge in [0.1, 0.15) is 0 Å². The maximum atomic E-state index is 6.12. The van der Waals surface area contributed by atoms with Crippen molar-refractivity contribution >= 4 is 28.9 Å². The molecular formula is C15H16Cl2N2. The predicted octanol–water partition coefficient (Wildman–Crippen LogP) is 4.41. The van der Waals surface area contributed by atoms with Crippen LogP contribution in [-0.2, 0) is 0 Å². The minimum atomic E-state index is 0.0380. The first-order chi connectivity index (χ1) is 9.10. The predicted molar refractivity (Wildman–Crippen MR) is 83.1 cm³/mol. The van der Waals surface area contributed by atoms with E-state index < -0.39 is 0 Å². The number of rotatable bonds is 4. The van der Waals surface area contributed by atoms with Crippen molar-refractivity contribution in [2.75, 3.05) is 11.9 Å². The van der Waals surface area contributed by atoms with Crippen LogP contribution in [0.25, 0.3) is 0 Å². The van der Waals surface area contributed by atoms with Crippen molar-refractivity contribution in [1.29, 1.82) is 0 Å². The summed E-state index contributed by atoms with van der Waals surface area (Å²) in [4.78, 5) is 0. The highest BCUT2D eigenvalue weighted by atomic mass is 35.5. The Labute approximate surface area is 123 Å². The van der Waals surface area contributed by atoms with Gasteiger partial charge in [-0.15, -0.1) is 0 Å². The van der Waals surface area contributed by atoms with E-state index in [2.05, 4.69) is 5.32 Å². The summed E-state index contributed by atoms with van der Waals surface area (Å²) in [6.45, 7) is 2.47. The van der Waals surface area contributed by atoms with E-state index in [-0.39, 0.29) is 6.04 Å². The molecule has 2 aromatic rings. The zero-order valence-corrected chi connectivity index (χ0v) is 12.2. The first-order valence-electron chi connectivity index (χ1n) is 6.08. The molecule has 0 spiro atoms. The van der Waals surface area contributed by atoms with E-state index in [4.69, 9.17) is 28.9 Å². The Morgan fingerprint density at radius 3 is 2.37 bits per heavy atom. The van der Waals surface area contributed by atoms with Crippen LogP contribution in [0.1, 0.15) is 17.2 Å². The highest BCUT2D eigenvalue weighted by molar-refractivity contribution is 6.31. The summed E-state index contributed by atoms with van der Waals surface area (Å²) in [5.41, 5.74) is 8.95. The fraction of sp³-hybridized carbons (Fsp3) is 0.200. The van der Waals surface area contributed by atoms with Gasteiger partial charge in [-0.05, 0) is 42.3 Å². The van der Waals surface area contributed by atoms with Gasteiger partial charge in [-0.1, -0.05) is 41.4 Å². The van der Waals surface area contributed by atoms with Gasteiger partial charge < -0.3 is 11.1 Å². The lowest BCUT2D eigenvalue weighted by molar-refractivity contribution is 0.790. The first-order valence-corrected chi connectivity index (χ1v) is 6.84. The van der Waals surface area contributed by atoms with Crippen molar-refractivity contribution in [3.05, 3.63) is 63.6 Å². The number of benzene rings is 2. The Bertz CT molecular complexity index is 553. The van der Waals surface area contributed by atoms with Crippen LogP contribution in [0.5, 0.6) is 0 Å². The molecule has 2 rings (SSSR count). The molecule has 2 aromatic carbocycles. The zero-order chi connectivity index (χ0) is 13.8. The quantitative estimate of drug-likeness (QED) is 0.876. The highest BCUT2D eigenvalue weighted by Gasteiger charge is 2.09. The molecule has 100 valence electrons. The van der Waals surface area contributed by atoms with Crippen molar-refractivity contribution in [2.24, 2.45) is 5.73 Å². The molecule has 0 bridgehead atoms. The Morgan fingerprint density at radius 2 is 1.79 bits per heavy atom. The number of nitrogens with one attached hydrogen (secondary N) is 1. The highest BCUT2D eigenvalue weighted by Crippen LogP contribution is 2.24. The van der Waals surface area contributed by atoms with Gasteiger partial charge in [-0.3, -0.25) is 0 Å². The lowest BCUT2D eigenvalue weighted by Gasteiger charge is -2.19. The molecule has 0 saturated carbocycles. The Balaban J connectivity index is 2.18. The smallest absolute Gasteiger partial charge is 0.0636 e. The van der Waals surface area contributed by atoms with E-state index >= 15 is 0 Å². The Hall–Kier alpha value is -1.22. The molecule has 0 heterocycles. The van der Waals surface area contributed by atoms with Crippen LogP contribution in [0.15, 0.2) is 42.5 Å². The second-order valence-electron chi connectivity index (χ2n) is 4.45. The number of halogens is 2. The standard InChI is InChI=1S/C15H16Cl2N2/c1-10-2-7-13(8-14(10)17)19-15(9-18)11-3-5-12(16)6-4-11/h2-8,15,19H,9,18H2,1H3. The van der Waals surface area contributed by atoms with Gasteiger partial charge in [-0.2, -0.15) is 0 Å². The summed E-state index contributed by atoms with van der Waals surface area (Å²) in [5.74, 6) is 0. The average molecular weight is 295 g/mol. The lowest BCUT2D eigenvalue weighted by atomic mass is 10.1. The molecule has 4 heteroatoms. The molecule has 1 atom stereocenters. The van der Waals surface area contributed by atoms with Gasteiger partial charge >= 0.3 is 0 Å². The first kappa shape index (κ1) is 14.2. The summed E-state index contributed by atoms with van der Waals surface area (Å²) in [5, 5.41) is 4.85. The maximum Gasteiger partial charge on any atom is 0.0636 e. The molecular weight excluding hydrogens is 279 g/mol. The van der Waals surface area contributed by atoms with E-state index in [0.717, 1.165) is 26.9 Å². The van der Waals surface area contributed by atoms with Crippen LogP contribution in [0, 0.1) is 6.92 Å². The van der Waals surface area contributed by atoms with Crippen LogP contribution in [0.2, 0.25) is 10.0 Å². The number of aryl methyl sites for hydroxylation is 1. The van der Waals surface area contributed by atoms with Crippen molar-refractivity contribution in [2.45, 2.75) is 13.0 Å². The average Bonchev–Trinajstić information content (AvgIpc) is 2.41. The molecule has 19 heavy (non-hydrogen) atoms. The lowest BCUT2D eigenvalue weighted by Crippen LogP contribution is -2.20. The molecule has 0 aliphatic heterocycles. The van der Waals surface area contributed by atoms with Crippen LogP contribution < -0.4 is 11.1 Å². The van der Waals surface area contributed by atoms with Crippen molar-refractivity contribution in [1.82, 2.24) is 0 Å². The largest absolute Gasteiger partial charge is 0.377 e. The third-order valence-corrected chi connectivity index (χ3v) is 3.68. The molecule has 0 fully saturated rings. The van der Waals surface area contributed by atoms with Crippen LogP contribution >= 0.6 is 23.2 Å². The summed E-state index contributed by atoms with van der Waals surface area (Å²) in [7, 11) is 0. The fourth-order valence-corrected chi connectivity index (χ4v) is 2.16. The van der Waals surface area contributed by atoms with Gasteiger partial charge in [0.2, 0.25) is 0 Å². The summed E-state index contributed by atoms with van der Waals surface area (Å²) < 4.78 is 0. The molecule has 1 unspecified atom stereocenters. The molecule has 3 N–H and O–H groups in total. The molecule has 0 radical (unpaired) electrons. The van der Waals surface area contributed by atoms with Crippen molar-refractivity contribution < 1.29 is 0 Å². The minimum absolute atomic E-state index is 0.0380. The topological polar surface area (TPSA) is 38.0 Å². The van der Waals surface area contributed by atoms with Gasteiger partial charge in [0.25, 0.3) is 0 Å². The number of anilines is 1. The van der Waals surface area contributed by atoms with Gasteiger partial charge in [0, 0.05) is 22.3 Å². The monoisotopic (exact) mass is 294 g/mol. The molecule has 0 amide bonds. The normalized spacial score (nSPS) is 12.2. The second-order valence-corrected chi connectivity index (χ2v) is 5.29. The maximum absolute atomic E-state index is 6.12. The fourth-order valence-electron chi connectivity index (χ4n) is 1.86. The van der Waals surface area contributed by atoms with E-state index in [1.165, 1.54) is 0 Å². The van der Waals surface area contributed by atoms with Gasteiger partial charge in [0.15, 0.2) is 0 Å². The SMILES string of the molecule is Cc1ccc(NC(CN)c2ccc(Cl)cc2)cc1Cl. The van der Waals surface area contributed by atoms with Crippen molar-refractivity contribution in [3.63, 3.8) is 0 Å². The third kappa shape index (κ3) is 3.63. The number of hydrogen-bond acceptors (Lipinski definition) is 2. The summed E-state index contributed by atoms with van der Waals surface area (Å²) in [6.07, 6.45) is 0. The number of hydrogen-bond donors (Lipinski definition) is 2. The summed E-state index contributed by atoms with van der Waals surface area (Å²) in [6, 6.07) is 13.6. The minimum Gasteiger partial charge on any atom is -0.377 e. The van der Waals surface area contributed by atoms with Crippen molar-refractivity contribution in [3.8, 4) is 0 Å². The zero-order valence-electron chi connectivity index (χ0n) is 10.7. The molecule has 0 aliphatic rings. The molecule has 0 aromatic heterocycles. The summed E-state index contributed by atoms with van der Waals surface area (Å²) >= 11 is 12.0.